The third kappa shape index (κ3) is 3.66. The van der Waals surface area contributed by atoms with Crippen molar-refractivity contribution in [2.75, 3.05) is 5.32 Å². The summed E-state index contributed by atoms with van der Waals surface area (Å²) in [4.78, 5) is 18.4. The van der Waals surface area contributed by atoms with Crippen molar-refractivity contribution in [1.29, 1.82) is 5.26 Å². The molecule has 4 aromatic heterocycles. The van der Waals surface area contributed by atoms with E-state index in [-0.39, 0.29) is 22.7 Å². The minimum absolute atomic E-state index is 0.0762. The molecule has 1 aliphatic carbocycles. The normalized spacial score (nSPS) is 15.9. The van der Waals surface area contributed by atoms with Gasteiger partial charge in [-0.3, -0.25) is 4.79 Å². The van der Waals surface area contributed by atoms with Crippen LogP contribution < -0.4 is 5.32 Å². The molecule has 0 saturated carbocycles. The zero-order valence-corrected chi connectivity index (χ0v) is 18.0. The van der Waals surface area contributed by atoms with Gasteiger partial charge in [-0.25, -0.2) is 9.50 Å². The van der Waals surface area contributed by atoms with E-state index in [2.05, 4.69) is 28.4 Å². The number of fused-ring (bicyclic) bond motifs is 2. The summed E-state index contributed by atoms with van der Waals surface area (Å²) in [7, 11) is 0. The molecule has 1 N–H and O–H groups in total. The molecule has 7 nitrogen and oxygen atoms in total. The van der Waals surface area contributed by atoms with Crippen LogP contribution >= 0.6 is 11.3 Å². The largest absolute Gasteiger partial charge is 0.463 e. The molecule has 0 fully saturated rings. The number of hydrogen-bond donors (Lipinski definition) is 1. The van der Waals surface area contributed by atoms with E-state index >= 15 is 0 Å². The Balaban J connectivity index is 1.58. The number of hydrogen-bond acceptors (Lipinski definition) is 6. The summed E-state index contributed by atoms with van der Waals surface area (Å²) >= 11 is 1.33. The van der Waals surface area contributed by atoms with Gasteiger partial charge < -0.3 is 9.73 Å². The van der Waals surface area contributed by atoms with Gasteiger partial charge in [0.1, 0.15) is 22.3 Å². The standard InChI is InChI=1S/C22H16F3N5O2S/c1-11-4-5-12-13(9-26)21(33-17(12)7-11)29-20(31)14-10-27-30-18(22(23,24)25)8-15(28-19(14)30)16-3-2-6-32-16/h2-3,6,8,10-11H,4-5,7H2,1H3,(H,29,31)/t11-/m0/s1. The number of thiophene rings is 1. The summed E-state index contributed by atoms with van der Waals surface area (Å²) in [6.45, 7) is 2.13. The Bertz CT molecular complexity index is 1410. The first-order valence-electron chi connectivity index (χ1n) is 10.1. The van der Waals surface area contributed by atoms with Crippen LogP contribution in [0.4, 0.5) is 18.2 Å². The number of nitrogens with zero attached hydrogens (tertiary/aromatic N) is 4. The molecule has 0 unspecified atom stereocenters. The number of rotatable bonds is 3. The van der Waals surface area contributed by atoms with Crippen molar-refractivity contribution >= 4 is 27.9 Å². The molecular weight excluding hydrogens is 455 g/mol. The molecule has 5 rings (SSSR count). The first-order chi connectivity index (χ1) is 15.8. The predicted molar refractivity (Wildman–Crippen MR) is 114 cm³/mol. The van der Waals surface area contributed by atoms with Gasteiger partial charge in [-0.15, -0.1) is 11.3 Å². The summed E-state index contributed by atoms with van der Waals surface area (Å²) in [6, 6.07) is 5.99. The predicted octanol–water partition coefficient (Wildman–Crippen LogP) is 5.32. The lowest BCUT2D eigenvalue weighted by Gasteiger charge is -2.17. The number of nitrogens with one attached hydrogen (secondary N) is 1. The van der Waals surface area contributed by atoms with Crippen molar-refractivity contribution in [1.82, 2.24) is 14.6 Å². The Labute approximate surface area is 189 Å². The molecule has 0 aliphatic heterocycles. The fourth-order valence-corrected chi connectivity index (χ4v) is 5.36. The van der Waals surface area contributed by atoms with Gasteiger partial charge in [-0.1, -0.05) is 6.92 Å². The van der Waals surface area contributed by atoms with Crippen molar-refractivity contribution in [2.45, 2.75) is 32.4 Å². The van der Waals surface area contributed by atoms with Crippen molar-refractivity contribution < 1.29 is 22.4 Å². The highest BCUT2D eigenvalue weighted by molar-refractivity contribution is 7.16. The molecule has 168 valence electrons. The van der Waals surface area contributed by atoms with E-state index in [1.54, 1.807) is 0 Å². The van der Waals surface area contributed by atoms with Gasteiger partial charge in [-0.2, -0.15) is 23.5 Å². The van der Waals surface area contributed by atoms with Gasteiger partial charge in [0.25, 0.3) is 5.91 Å². The molecule has 33 heavy (non-hydrogen) atoms. The number of anilines is 1. The summed E-state index contributed by atoms with van der Waals surface area (Å²) < 4.78 is 46.9. The summed E-state index contributed by atoms with van der Waals surface area (Å²) in [5.41, 5.74) is -0.219. The van der Waals surface area contributed by atoms with Crippen LogP contribution in [-0.2, 0) is 19.0 Å². The van der Waals surface area contributed by atoms with Crippen LogP contribution in [0.25, 0.3) is 17.1 Å². The van der Waals surface area contributed by atoms with Gasteiger partial charge in [-0.05, 0) is 48.9 Å². The van der Waals surface area contributed by atoms with Crippen molar-refractivity contribution in [3.05, 3.63) is 57.9 Å². The second-order valence-electron chi connectivity index (χ2n) is 7.92. The minimum atomic E-state index is -4.74. The summed E-state index contributed by atoms with van der Waals surface area (Å²) in [5.74, 6) is -0.0800. The smallest absolute Gasteiger partial charge is 0.433 e. The molecule has 0 spiro atoms. The first kappa shape index (κ1) is 21.2. The average molecular weight is 471 g/mol. The summed E-state index contributed by atoms with van der Waals surface area (Å²) in [6.07, 6.45) is 0.164. The zero-order valence-electron chi connectivity index (χ0n) is 17.2. The van der Waals surface area contributed by atoms with E-state index < -0.39 is 17.8 Å². The molecule has 11 heteroatoms. The van der Waals surface area contributed by atoms with Crippen molar-refractivity contribution in [2.24, 2.45) is 5.92 Å². The Morgan fingerprint density at radius 3 is 2.94 bits per heavy atom. The Morgan fingerprint density at radius 2 is 2.24 bits per heavy atom. The van der Waals surface area contributed by atoms with E-state index in [1.807, 2.05) is 0 Å². The number of nitriles is 1. The van der Waals surface area contributed by atoms with Crippen LogP contribution in [-0.4, -0.2) is 20.5 Å². The number of furan rings is 1. The van der Waals surface area contributed by atoms with Crippen LogP contribution in [0, 0.1) is 17.2 Å². The minimum Gasteiger partial charge on any atom is -0.463 e. The fourth-order valence-electron chi connectivity index (χ4n) is 4.00. The molecule has 1 aliphatic rings. The Morgan fingerprint density at radius 1 is 1.42 bits per heavy atom. The van der Waals surface area contributed by atoms with Crippen LogP contribution in [0.1, 0.15) is 45.4 Å². The highest BCUT2D eigenvalue weighted by Gasteiger charge is 2.36. The lowest BCUT2D eigenvalue weighted by Crippen LogP contribution is -2.15. The maximum atomic E-state index is 13.7. The van der Waals surface area contributed by atoms with Gasteiger partial charge in [0.05, 0.1) is 18.0 Å². The molecule has 1 amide bonds. The van der Waals surface area contributed by atoms with Crippen molar-refractivity contribution in [3.8, 4) is 17.5 Å². The maximum absolute atomic E-state index is 13.7. The van der Waals surface area contributed by atoms with Gasteiger partial charge in [0, 0.05) is 4.88 Å². The third-order valence-electron chi connectivity index (χ3n) is 5.63. The SMILES string of the molecule is C[C@H]1CCc2c(sc(NC(=O)c3cnn4c(C(F)(F)F)cc(-c5ccco5)nc34)c2C#N)C1. The van der Waals surface area contributed by atoms with E-state index in [0.29, 0.717) is 21.0 Å². The average Bonchev–Trinajstić information content (AvgIpc) is 3.49. The van der Waals surface area contributed by atoms with Crippen molar-refractivity contribution in [3.63, 3.8) is 0 Å². The second-order valence-corrected chi connectivity index (χ2v) is 9.02. The maximum Gasteiger partial charge on any atom is 0.433 e. The Hall–Kier alpha value is -3.65. The second kappa shape index (κ2) is 7.74. The molecule has 0 saturated heterocycles. The molecule has 4 aromatic rings. The number of carbonyl (C=O) groups excluding carboxylic acids is 1. The van der Waals surface area contributed by atoms with Gasteiger partial charge in [0.15, 0.2) is 17.1 Å². The molecule has 0 aromatic carbocycles. The molecule has 0 bridgehead atoms. The van der Waals surface area contributed by atoms with E-state index in [9.17, 15) is 23.2 Å². The number of aromatic nitrogens is 3. The summed E-state index contributed by atoms with van der Waals surface area (Å²) in [5, 5.41) is 16.5. The first-order valence-corrected chi connectivity index (χ1v) is 10.9. The fraction of sp³-hybridized carbons (Fsp3) is 0.273. The van der Waals surface area contributed by atoms with Gasteiger partial charge >= 0.3 is 6.18 Å². The topological polar surface area (TPSA) is 96.2 Å². The Kier molecular flexibility index (Phi) is 4.97. The van der Waals surface area contributed by atoms with Crippen LogP contribution in [0.3, 0.4) is 0 Å². The third-order valence-corrected chi connectivity index (χ3v) is 6.80. The number of halogens is 3. The highest BCUT2D eigenvalue weighted by atomic mass is 32.1. The number of alkyl halides is 3. The molecule has 1 atom stereocenters. The number of carbonyl (C=O) groups is 1. The van der Waals surface area contributed by atoms with Crippen LogP contribution in [0.5, 0.6) is 0 Å². The van der Waals surface area contributed by atoms with Crippen LogP contribution in [0.2, 0.25) is 0 Å². The lowest BCUT2D eigenvalue weighted by atomic mass is 9.88. The quantitative estimate of drug-likeness (QED) is 0.436. The van der Waals surface area contributed by atoms with Gasteiger partial charge in [0.2, 0.25) is 0 Å². The number of amides is 1. The van der Waals surface area contributed by atoms with E-state index in [4.69, 9.17) is 4.42 Å². The van der Waals surface area contributed by atoms with E-state index in [0.717, 1.165) is 42.0 Å². The van der Waals surface area contributed by atoms with Crippen LogP contribution in [0.15, 0.2) is 35.1 Å². The van der Waals surface area contributed by atoms with E-state index in [1.165, 1.54) is 29.7 Å². The monoisotopic (exact) mass is 471 g/mol. The molecule has 4 heterocycles. The zero-order chi connectivity index (χ0) is 23.3. The molecular formula is C22H16F3N5O2S. The molecule has 0 radical (unpaired) electrons. The highest BCUT2D eigenvalue weighted by Crippen LogP contribution is 2.39. The lowest BCUT2D eigenvalue weighted by molar-refractivity contribution is -0.142.